The number of aliphatic hydroxyl groups excluding tert-OH is 1. The Morgan fingerprint density at radius 3 is 2.20 bits per heavy atom. The minimum Gasteiger partial charge on any atom is -0.380 e. The van der Waals surface area contributed by atoms with E-state index in [0.717, 1.165) is 12.8 Å². The smallest absolute Gasteiger partial charge is 0.117 e. The molecule has 0 aromatic carbocycles. The molecule has 0 rings (SSSR count). The van der Waals surface area contributed by atoms with Crippen molar-refractivity contribution in [1.29, 1.82) is 0 Å². The summed E-state index contributed by atoms with van der Waals surface area (Å²) in [5, 5.41) is 9.30. The second kappa shape index (κ2) is 5.32. The van der Waals surface area contributed by atoms with E-state index in [0.29, 0.717) is 5.92 Å². The lowest BCUT2D eigenvalue weighted by Gasteiger charge is -2.13. The Morgan fingerprint density at radius 2 is 1.90 bits per heavy atom. The SMILES string of the molecule is [CH2]C#CC(O)C(CC)CC. The third kappa shape index (κ3) is 2.89. The second-order valence-corrected chi connectivity index (χ2v) is 2.34. The minimum absolute atomic E-state index is 0.314. The van der Waals surface area contributed by atoms with E-state index in [4.69, 9.17) is 0 Å². The van der Waals surface area contributed by atoms with Gasteiger partial charge >= 0.3 is 0 Å². The monoisotopic (exact) mass is 139 g/mol. The highest BCUT2D eigenvalue weighted by atomic mass is 16.3. The van der Waals surface area contributed by atoms with Crippen LogP contribution in [0.15, 0.2) is 0 Å². The van der Waals surface area contributed by atoms with Crippen molar-refractivity contribution in [2.45, 2.75) is 32.8 Å². The van der Waals surface area contributed by atoms with Crippen LogP contribution in [0.1, 0.15) is 26.7 Å². The van der Waals surface area contributed by atoms with Gasteiger partial charge in [-0.3, -0.25) is 0 Å². The van der Waals surface area contributed by atoms with Gasteiger partial charge in [0.1, 0.15) is 6.10 Å². The average molecular weight is 139 g/mol. The van der Waals surface area contributed by atoms with Crippen LogP contribution in [0.2, 0.25) is 0 Å². The van der Waals surface area contributed by atoms with E-state index in [2.05, 4.69) is 32.6 Å². The van der Waals surface area contributed by atoms with Gasteiger partial charge in [-0.15, -0.1) is 0 Å². The molecule has 0 aromatic rings. The van der Waals surface area contributed by atoms with E-state index < -0.39 is 6.10 Å². The Morgan fingerprint density at radius 1 is 1.40 bits per heavy atom. The van der Waals surface area contributed by atoms with E-state index in [1.54, 1.807) is 0 Å². The molecule has 1 N–H and O–H groups in total. The van der Waals surface area contributed by atoms with Gasteiger partial charge in [0.25, 0.3) is 0 Å². The first-order chi connectivity index (χ1) is 4.76. The molecule has 0 aliphatic carbocycles. The topological polar surface area (TPSA) is 20.2 Å². The molecule has 1 radical (unpaired) electrons. The molecule has 0 aliphatic heterocycles. The molecule has 1 atom stereocenters. The third-order valence-corrected chi connectivity index (χ3v) is 1.75. The van der Waals surface area contributed by atoms with E-state index in [-0.39, 0.29) is 0 Å². The van der Waals surface area contributed by atoms with Gasteiger partial charge in [0.15, 0.2) is 0 Å². The molecule has 1 nitrogen and oxygen atoms in total. The van der Waals surface area contributed by atoms with E-state index >= 15 is 0 Å². The van der Waals surface area contributed by atoms with Crippen molar-refractivity contribution in [2.75, 3.05) is 0 Å². The standard InChI is InChI=1S/C9H15O/c1-4-7-9(10)8(5-2)6-3/h8-10H,1,5-6H2,2-3H3. The number of hydrogen-bond donors (Lipinski definition) is 1. The van der Waals surface area contributed by atoms with Crippen molar-refractivity contribution in [2.24, 2.45) is 5.92 Å². The van der Waals surface area contributed by atoms with Gasteiger partial charge in [-0.25, -0.2) is 0 Å². The van der Waals surface area contributed by atoms with Gasteiger partial charge in [0.05, 0.1) is 0 Å². The maximum atomic E-state index is 9.30. The molecule has 0 fully saturated rings. The molecular weight excluding hydrogens is 124 g/mol. The van der Waals surface area contributed by atoms with Crippen LogP contribution in [-0.2, 0) is 0 Å². The minimum atomic E-state index is -0.479. The summed E-state index contributed by atoms with van der Waals surface area (Å²) in [7, 11) is 0. The van der Waals surface area contributed by atoms with Crippen LogP contribution >= 0.6 is 0 Å². The molecule has 0 spiro atoms. The maximum absolute atomic E-state index is 9.30. The Kier molecular flexibility index (Phi) is 5.06. The lowest BCUT2D eigenvalue weighted by Crippen LogP contribution is -2.16. The van der Waals surface area contributed by atoms with Gasteiger partial charge in [-0.05, 0) is 18.8 Å². The van der Waals surface area contributed by atoms with Gasteiger partial charge in [-0.1, -0.05) is 25.7 Å². The zero-order valence-corrected chi connectivity index (χ0v) is 6.72. The van der Waals surface area contributed by atoms with Crippen LogP contribution < -0.4 is 0 Å². The molecule has 0 bridgehead atoms. The number of aliphatic hydroxyl groups is 1. The van der Waals surface area contributed by atoms with Crippen LogP contribution in [-0.4, -0.2) is 11.2 Å². The fourth-order valence-corrected chi connectivity index (χ4v) is 0.958. The summed E-state index contributed by atoms with van der Waals surface area (Å²) >= 11 is 0. The first kappa shape index (κ1) is 9.52. The largest absolute Gasteiger partial charge is 0.380 e. The molecule has 10 heavy (non-hydrogen) atoms. The summed E-state index contributed by atoms with van der Waals surface area (Å²) in [6.07, 6.45) is 1.48. The molecule has 0 amide bonds. The molecule has 1 heteroatoms. The van der Waals surface area contributed by atoms with Gasteiger partial charge < -0.3 is 5.11 Å². The van der Waals surface area contributed by atoms with E-state index in [9.17, 15) is 5.11 Å². The first-order valence-electron chi connectivity index (χ1n) is 3.71. The van der Waals surface area contributed by atoms with Gasteiger partial charge in [-0.2, -0.15) is 0 Å². The van der Waals surface area contributed by atoms with Crippen molar-refractivity contribution in [1.82, 2.24) is 0 Å². The Balaban J connectivity index is 3.83. The van der Waals surface area contributed by atoms with Crippen LogP contribution in [0.25, 0.3) is 0 Å². The summed E-state index contributed by atoms with van der Waals surface area (Å²) in [6, 6.07) is 0. The number of hydrogen-bond acceptors (Lipinski definition) is 1. The van der Waals surface area contributed by atoms with Gasteiger partial charge in [0.2, 0.25) is 0 Å². The molecule has 57 valence electrons. The van der Waals surface area contributed by atoms with Crippen molar-refractivity contribution in [3.63, 3.8) is 0 Å². The molecule has 0 saturated heterocycles. The lowest BCUT2D eigenvalue weighted by atomic mass is 9.97. The predicted molar refractivity (Wildman–Crippen MR) is 43.2 cm³/mol. The summed E-state index contributed by atoms with van der Waals surface area (Å²) in [4.78, 5) is 0. The van der Waals surface area contributed by atoms with E-state index in [1.807, 2.05) is 0 Å². The summed E-state index contributed by atoms with van der Waals surface area (Å²) in [6.45, 7) is 7.47. The molecule has 0 aliphatic rings. The van der Waals surface area contributed by atoms with E-state index in [1.165, 1.54) is 0 Å². The van der Waals surface area contributed by atoms with Crippen molar-refractivity contribution in [3.05, 3.63) is 6.92 Å². The zero-order valence-electron chi connectivity index (χ0n) is 6.72. The van der Waals surface area contributed by atoms with Crippen LogP contribution in [0, 0.1) is 24.7 Å². The summed E-state index contributed by atoms with van der Waals surface area (Å²) < 4.78 is 0. The first-order valence-corrected chi connectivity index (χ1v) is 3.71. The van der Waals surface area contributed by atoms with Crippen LogP contribution in [0.5, 0.6) is 0 Å². The second-order valence-electron chi connectivity index (χ2n) is 2.34. The Hall–Kier alpha value is -0.480. The Bertz CT molecular complexity index is 125. The molecule has 0 heterocycles. The van der Waals surface area contributed by atoms with Crippen LogP contribution in [0.3, 0.4) is 0 Å². The van der Waals surface area contributed by atoms with Crippen LogP contribution in [0.4, 0.5) is 0 Å². The Labute approximate surface area is 63.5 Å². The predicted octanol–water partition coefficient (Wildman–Crippen LogP) is 1.62. The lowest BCUT2D eigenvalue weighted by molar-refractivity contribution is 0.155. The van der Waals surface area contributed by atoms with Crippen molar-refractivity contribution >= 4 is 0 Å². The molecule has 0 saturated carbocycles. The zero-order chi connectivity index (χ0) is 7.98. The highest BCUT2D eigenvalue weighted by Gasteiger charge is 2.11. The average Bonchev–Trinajstić information content (AvgIpc) is 1.91. The molecule has 1 unspecified atom stereocenters. The highest BCUT2D eigenvalue weighted by molar-refractivity contribution is 5.07. The molecule has 0 aromatic heterocycles. The summed E-state index contributed by atoms with van der Waals surface area (Å²) in [5.74, 6) is 5.42. The maximum Gasteiger partial charge on any atom is 0.117 e. The molecular formula is C9H15O. The van der Waals surface area contributed by atoms with Crippen molar-refractivity contribution < 1.29 is 5.11 Å². The fourth-order valence-electron chi connectivity index (χ4n) is 0.958. The quantitative estimate of drug-likeness (QED) is 0.589. The highest BCUT2D eigenvalue weighted by Crippen LogP contribution is 2.11. The summed E-state index contributed by atoms with van der Waals surface area (Å²) in [5.41, 5.74) is 0. The van der Waals surface area contributed by atoms with Crippen molar-refractivity contribution in [3.8, 4) is 11.8 Å². The normalized spacial score (nSPS) is 12.5. The third-order valence-electron chi connectivity index (χ3n) is 1.75. The fraction of sp³-hybridized carbons (Fsp3) is 0.667. The van der Waals surface area contributed by atoms with Gasteiger partial charge in [0, 0.05) is 6.92 Å². The number of rotatable bonds is 3.